The quantitative estimate of drug-likeness (QED) is 0.306. The Morgan fingerprint density at radius 2 is 1.58 bits per heavy atom. The van der Waals surface area contributed by atoms with E-state index in [4.69, 9.17) is 9.47 Å². The molecule has 1 N–H and O–H groups in total. The van der Waals surface area contributed by atoms with E-state index < -0.39 is 22.5 Å². The van der Waals surface area contributed by atoms with Crippen LogP contribution in [-0.4, -0.2) is 40.8 Å². The number of benzene rings is 3. The van der Waals surface area contributed by atoms with E-state index in [1.54, 1.807) is 36.4 Å². The number of methoxy groups -OCH3 is 1. The summed E-state index contributed by atoms with van der Waals surface area (Å²) >= 11 is 0. The molecule has 0 radical (unpaired) electrons. The van der Waals surface area contributed by atoms with Gasteiger partial charge in [0, 0.05) is 0 Å². The van der Waals surface area contributed by atoms with Crippen molar-refractivity contribution < 1.29 is 22.7 Å². The van der Waals surface area contributed by atoms with Crippen molar-refractivity contribution in [2.24, 2.45) is 11.0 Å². The summed E-state index contributed by atoms with van der Waals surface area (Å²) in [6, 6.07) is 20.2. The zero-order valence-electron chi connectivity index (χ0n) is 20.8. The molecule has 3 aromatic carbocycles. The highest BCUT2D eigenvalue weighted by atomic mass is 32.2. The number of nitrogens with zero attached hydrogens (tertiary/aromatic N) is 2. The summed E-state index contributed by atoms with van der Waals surface area (Å²) in [6.45, 7) is 6.23. The van der Waals surface area contributed by atoms with Crippen LogP contribution >= 0.6 is 0 Å². The van der Waals surface area contributed by atoms with Gasteiger partial charge in [-0.2, -0.15) is 5.10 Å². The second-order valence-corrected chi connectivity index (χ2v) is 10.5. The minimum atomic E-state index is -4.03. The van der Waals surface area contributed by atoms with Gasteiger partial charge in [-0.1, -0.05) is 31.5 Å². The molecule has 0 saturated carbocycles. The van der Waals surface area contributed by atoms with Gasteiger partial charge in [-0.3, -0.25) is 9.10 Å². The first-order valence-electron chi connectivity index (χ1n) is 11.5. The average Bonchev–Trinajstić information content (AvgIpc) is 2.87. The minimum Gasteiger partial charge on any atom is -0.497 e. The standard InChI is InChI=1S/C27H31N3O5S/c1-20(2)19-35-25-11-7-22(8-12-25)17-28-29-27(31)18-30(23-9-5-21(3)6-10-23)36(32,33)26-15-13-24(34-4)14-16-26/h5-17,20H,18-19H2,1-4H3,(H,29,31)/b28-17-. The van der Waals surface area contributed by atoms with Crippen molar-refractivity contribution in [2.75, 3.05) is 24.6 Å². The highest BCUT2D eigenvalue weighted by Gasteiger charge is 2.27. The number of hydrogen-bond donors (Lipinski definition) is 1. The first-order chi connectivity index (χ1) is 17.2. The third kappa shape index (κ3) is 7.32. The van der Waals surface area contributed by atoms with Crippen LogP contribution in [0.3, 0.4) is 0 Å². The molecule has 190 valence electrons. The van der Waals surface area contributed by atoms with Gasteiger partial charge in [-0.05, 0) is 79.1 Å². The maximum atomic E-state index is 13.4. The van der Waals surface area contributed by atoms with Crippen LogP contribution in [0, 0.1) is 12.8 Å². The van der Waals surface area contributed by atoms with Crippen molar-refractivity contribution in [3.05, 3.63) is 83.9 Å². The largest absolute Gasteiger partial charge is 0.497 e. The van der Waals surface area contributed by atoms with Crippen LogP contribution in [0.15, 0.2) is 82.8 Å². The van der Waals surface area contributed by atoms with Crippen molar-refractivity contribution >= 4 is 27.8 Å². The summed E-state index contributed by atoms with van der Waals surface area (Å²) in [5, 5.41) is 3.98. The molecule has 3 rings (SSSR count). The van der Waals surface area contributed by atoms with Gasteiger partial charge in [0.25, 0.3) is 15.9 Å². The fourth-order valence-electron chi connectivity index (χ4n) is 3.16. The molecule has 3 aromatic rings. The Kier molecular flexibility index (Phi) is 9.08. The van der Waals surface area contributed by atoms with E-state index in [9.17, 15) is 13.2 Å². The van der Waals surface area contributed by atoms with Gasteiger partial charge in [0.15, 0.2) is 0 Å². The first kappa shape index (κ1) is 26.7. The van der Waals surface area contributed by atoms with Gasteiger partial charge in [0.05, 0.1) is 30.5 Å². The number of hydrazone groups is 1. The molecule has 0 aliphatic heterocycles. The molecule has 0 aliphatic rings. The maximum absolute atomic E-state index is 13.4. The predicted octanol–water partition coefficient (Wildman–Crippen LogP) is 4.38. The molecule has 0 heterocycles. The van der Waals surface area contributed by atoms with E-state index in [0.29, 0.717) is 24.0 Å². The molecule has 0 aromatic heterocycles. The molecule has 1 amide bonds. The molecule has 36 heavy (non-hydrogen) atoms. The van der Waals surface area contributed by atoms with E-state index in [-0.39, 0.29) is 4.90 Å². The summed E-state index contributed by atoms with van der Waals surface area (Å²) < 4.78 is 38.7. The van der Waals surface area contributed by atoms with Crippen LogP contribution in [0.2, 0.25) is 0 Å². The van der Waals surface area contributed by atoms with E-state index >= 15 is 0 Å². The third-order valence-electron chi connectivity index (χ3n) is 5.12. The fraction of sp³-hybridized carbons (Fsp3) is 0.259. The van der Waals surface area contributed by atoms with Gasteiger partial charge in [-0.15, -0.1) is 0 Å². The summed E-state index contributed by atoms with van der Waals surface area (Å²) in [7, 11) is -2.53. The van der Waals surface area contributed by atoms with Crippen molar-refractivity contribution in [1.82, 2.24) is 5.43 Å². The molecule has 0 spiro atoms. The van der Waals surface area contributed by atoms with Gasteiger partial charge in [0.1, 0.15) is 18.0 Å². The smallest absolute Gasteiger partial charge is 0.264 e. The number of ether oxygens (including phenoxy) is 2. The second kappa shape index (κ2) is 12.2. The van der Waals surface area contributed by atoms with E-state index in [1.165, 1.54) is 25.5 Å². The molecule has 0 unspecified atom stereocenters. The monoisotopic (exact) mass is 509 g/mol. The Morgan fingerprint density at radius 1 is 0.972 bits per heavy atom. The molecule has 0 bridgehead atoms. The van der Waals surface area contributed by atoms with Crippen LogP contribution < -0.4 is 19.2 Å². The van der Waals surface area contributed by atoms with Crippen LogP contribution in [0.25, 0.3) is 0 Å². The number of anilines is 1. The summed E-state index contributed by atoms with van der Waals surface area (Å²) in [4.78, 5) is 12.7. The van der Waals surface area contributed by atoms with Gasteiger partial charge in [-0.25, -0.2) is 13.8 Å². The van der Waals surface area contributed by atoms with E-state index in [0.717, 1.165) is 21.2 Å². The number of hydrogen-bond acceptors (Lipinski definition) is 6. The Hall–Kier alpha value is -3.85. The van der Waals surface area contributed by atoms with Crippen molar-refractivity contribution in [3.8, 4) is 11.5 Å². The summed E-state index contributed by atoms with van der Waals surface area (Å²) in [5.74, 6) is 1.13. The number of carbonyl (C=O) groups excluding carboxylic acids is 1. The number of aryl methyl sites for hydroxylation is 1. The molecular weight excluding hydrogens is 478 g/mol. The lowest BCUT2D eigenvalue weighted by Gasteiger charge is -2.24. The number of amides is 1. The lowest BCUT2D eigenvalue weighted by molar-refractivity contribution is -0.119. The van der Waals surface area contributed by atoms with Gasteiger partial charge >= 0.3 is 0 Å². The molecule has 0 fully saturated rings. The fourth-order valence-corrected chi connectivity index (χ4v) is 4.58. The third-order valence-corrected chi connectivity index (χ3v) is 6.91. The SMILES string of the molecule is COc1ccc(S(=O)(=O)N(CC(=O)N/N=C\c2ccc(OCC(C)C)cc2)c2ccc(C)cc2)cc1. The van der Waals surface area contributed by atoms with E-state index in [2.05, 4.69) is 24.4 Å². The number of sulfonamides is 1. The normalized spacial score (nSPS) is 11.5. The first-order valence-corrected chi connectivity index (χ1v) is 12.9. The van der Waals surface area contributed by atoms with Crippen LogP contribution in [-0.2, 0) is 14.8 Å². The van der Waals surface area contributed by atoms with Crippen LogP contribution in [0.5, 0.6) is 11.5 Å². The Balaban J connectivity index is 1.73. The van der Waals surface area contributed by atoms with Gasteiger partial charge in [0.2, 0.25) is 0 Å². The maximum Gasteiger partial charge on any atom is 0.264 e. The molecule has 9 heteroatoms. The molecule has 0 aliphatic carbocycles. The minimum absolute atomic E-state index is 0.0416. The molecule has 0 saturated heterocycles. The Bertz CT molecular complexity index is 1270. The van der Waals surface area contributed by atoms with E-state index in [1.807, 2.05) is 31.2 Å². The summed E-state index contributed by atoms with van der Waals surface area (Å²) in [6.07, 6.45) is 1.48. The molecular formula is C27H31N3O5S. The second-order valence-electron chi connectivity index (χ2n) is 8.59. The average molecular weight is 510 g/mol. The highest BCUT2D eigenvalue weighted by molar-refractivity contribution is 7.92. The van der Waals surface area contributed by atoms with Gasteiger partial charge < -0.3 is 9.47 Å². The number of nitrogens with one attached hydrogen (secondary N) is 1. The van der Waals surface area contributed by atoms with Crippen molar-refractivity contribution in [1.29, 1.82) is 0 Å². The number of rotatable bonds is 11. The molecule has 8 nitrogen and oxygen atoms in total. The number of carbonyl (C=O) groups is 1. The lowest BCUT2D eigenvalue weighted by atomic mass is 10.2. The van der Waals surface area contributed by atoms with Crippen molar-refractivity contribution in [2.45, 2.75) is 25.7 Å². The highest BCUT2D eigenvalue weighted by Crippen LogP contribution is 2.25. The summed E-state index contributed by atoms with van der Waals surface area (Å²) in [5.41, 5.74) is 4.51. The van der Waals surface area contributed by atoms with Crippen LogP contribution in [0.4, 0.5) is 5.69 Å². The Morgan fingerprint density at radius 3 is 2.17 bits per heavy atom. The topological polar surface area (TPSA) is 97.3 Å². The van der Waals surface area contributed by atoms with Crippen molar-refractivity contribution in [3.63, 3.8) is 0 Å². The zero-order valence-corrected chi connectivity index (χ0v) is 21.7. The lowest BCUT2D eigenvalue weighted by Crippen LogP contribution is -2.39. The Labute approximate surface area is 212 Å². The molecule has 0 atom stereocenters. The zero-order chi connectivity index (χ0) is 26.1. The predicted molar refractivity (Wildman–Crippen MR) is 141 cm³/mol. The van der Waals surface area contributed by atoms with Crippen LogP contribution in [0.1, 0.15) is 25.0 Å².